The molecule has 6 heteroatoms. The van der Waals surface area contributed by atoms with Crippen LogP contribution in [0.25, 0.3) is 0 Å². The third-order valence-electron chi connectivity index (χ3n) is 2.71. The van der Waals surface area contributed by atoms with Crippen LogP contribution in [0.5, 0.6) is 0 Å². The van der Waals surface area contributed by atoms with Crippen LogP contribution in [-0.2, 0) is 18.9 Å². The lowest BCUT2D eigenvalue weighted by molar-refractivity contribution is -0.123. The molecule has 20 heavy (non-hydrogen) atoms. The highest BCUT2D eigenvalue weighted by Crippen LogP contribution is 2.03. The smallest absolute Gasteiger partial charge is 0.154 e. The molecule has 0 spiro atoms. The molecule has 120 valence electrons. The van der Waals surface area contributed by atoms with Crippen molar-refractivity contribution >= 4 is 19.0 Å². The lowest BCUT2D eigenvalue weighted by Crippen LogP contribution is -2.19. The van der Waals surface area contributed by atoms with E-state index >= 15 is 0 Å². The SMILES string of the molecule is CCOC(C[SiH2]C=C[SiH2]CC(OCC)OCC)OCC. The molecular weight excluding hydrogens is 288 g/mol. The summed E-state index contributed by atoms with van der Waals surface area (Å²) in [6, 6.07) is 2.12. The van der Waals surface area contributed by atoms with Gasteiger partial charge in [0.15, 0.2) is 12.6 Å². The van der Waals surface area contributed by atoms with Gasteiger partial charge in [-0.1, -0.05) is 0 Å². The summed E-state index contributed by atoms with van der Waals surface area (Å²) in [5.74, 6) is 0. The fourth-order valence-corrected chi connectivity index (χ4v) is 5.35. The molecule has 0 aromatic carbocycles. The predicted octanol–water partition coefficient (Wildman–Crippen LogP) is 1.43. The van der Waals surface area contributed by atoms with Gasteiger partial charge in [-0.2, -0.15) is 0 Å². The van der Waals surface area contributed by atoms with Crippen LogP contribution in [0.2, 0.25) is 12.1 Å². The first kappa shape index (κ1) is 20.0. The summed E-state index contributed by atoms with van der Waals surface area (Å²) in [6.07, 6.45) is 0.00478. The zero-order valence-corrected chi connectivity index (χ0v) is 16.4. The fourth-order valence-electron chi connectivity index (χ4n) is 1.87. The first-order valence-electron chi connectivity index (χ1n) is 7.89. The van der Waals surface area contributed by atoms with Gasteiger partial charge in [0.25, 0.3) is 0 Å². The highest BCUT2D eigenvalue weighted by molar-refractivity contribution is 6.49. The van der Waals surface area contributed by atoms with Gasteiger partial charge in [0.05, 0.1) is 19.0 Å². The summed E-state index contributed by atoms with van der Waals surface area (Å²) in [7, 11) is -0.444. The molecule has 0 saturated heterocycles. The largest absolute Gasteiger partial charge is 0.353 e. The van der Waals surface area contributed by atoms with Crippen LogP contribution in [0.4, 0.5) is 0 Å². The van der Waals surface area contributed by atoms with Gasteiger partial charge in [-0.05, 0) is 39.8 Å². The molecule has 0 bridgehead atoms. The van der Waals surface area contributed by atoms with Crippen molar-refractivity contribution in [3.8, 4) is 0 Å². The molecular formula is C14H32O4Si2. The molecule has 0 atom stereocenters. The van der Waals surface area contributed by atoms with Crippen LogP contribution >= 0.6 is 0 Å². The minimum atomic E-state index is -0.222. The van der Waals surface area contributed by atoms with E-state index in [1.165, 1.54) is 0 Å². The Hall–Kier alpha value is 0.0138. The maximum atomic E-state index is 5.54. The van der Waals surface area contributed by atoms with Gasteiger partial charge in [0.2, 0.25) is 0 Å². The molecule has 0 rings (SSSR count). The molecule has 0 aliphatic heterocycles. The Morgan fingerprint density at radius 1 is 0.650 bits per heavy atom. The van der Waals surface area contributed by atoms with Crippen molar-refractivity contribution in [2.45, 2.75) is 52.4 Å². The maximum Gasteiger partial charge on any atom is 0.154 e. The second-order valence-electron chi connectivity index (χ2n) is 4.31. The first-order chi connectivity index (χ1) is 9.78. The van der Waals surface area contributed by atoms with Crippen molar-refractivity contribution in [3.63, 3.8) is 0 Å². The van der Waals surface area contributed by atoms with Crippen molar-refractivity contribution in [1.82, 2.24) is 0 Å². The Morgan fingerprint density at radius 3 is 1.20 bits per heavy atom. The Balaban J connectivity index is 3.72. The van der Waals surface area contributed by atoms with Gasteiger partial charge in [-0.25, -0.2) is 0 Å². The maximum absolute atomic E-state index is 5.54. The van der Waals surface area contributed by atoms with Crippen molar-refractivity contribution < 1.29 is 18.9 Å². The summed E-state index contributed by atoms with van der Waals surface area (Å²) in [5.41, 5.74) is 4.76. The monoisotopic (exact) mass is 320 g/mol. The van der Waals surface area contributed by atoms with E-state index < -0.39 is 0 Å². The second kappa shape index (κ2) is 15.4. The van der Waals surface area contributed by atoms with Crippen molar-refractivity contribution in [2.75, 3.05) is 26.4 Å². The van der Waals surface area contributed by atoms with E-state index in [2.05, 4.69) is 11.4 Å². The lowest BCUT2D eigenvalue weighted by atomic mass is 10.7. The second-order valence-corrected chi connectivity index (χ2v) is 7.56. The standard InChI is InChI=1S/C14H32O4Si2/c1-5-15-13(16-6-2)11-19-9-10-20-12-14(17-7-3)18-8-4/h9-10,13-14H,5-8,11-12,19-20H2,1-4H3. The summed E-state index contributed by atoms with van der Waals surface area (Å²) < 4.78 is 22.2. The summed E-state index contributed by atoms with van der Waals surface area (Å²) >= 11 is 0. The lowest BCUT2D eigenvalue weighted by Gasteiger charge is -2.16. The molecule has 0 fully saturated rings. The molecule has 4 nitrogen and oxygen atoms in total. The molecule has 0 radical (unpaired) electrons. The van der Waals surface area contributed by atoms with Crippen LogP contribution < -0.4 is 0 Å². The Morgan fingerprint density at radius 2 is 0.950 bits per heavy atom. The Kier molecular flexibility index (Phi) is 15.4. The van der Waals surface area contributed by atoms with Crippen LogP contribution in [0.1, 0.15) is 27.7 Å². The number of hydrogen-bond donors (Lipinski definition) is 0. The van der Waals surface area contributed by atoms with Gasteiger partial charge >= 0.3 is 0 Å². The molecule has 0 unspecified atom stereocenters. The van der Waals surface area contributed by atoms with Gasteiger partial charge in [0, 0.05) is 26.4 Å². The average Bonchev–Trinajstić information content (AvgIpc) is 2.43. The Labute approximate surface area is 128 Å². The van der Waals surface area contributed by atoms with E-state index in [0.717, 1.165) is 38.5 Å². The third-order valence-corrected chi connectivity index (χ3v) is 6.32. The van der Waals surface area contributed by atoms with Crippen molar-refractivity contribution in [3.05, 3.63) is 11.4 Å². The summed E-state index contributed by atoms with van der Waals surface area (Å²) in [5, 5.41) is 0. The number of rotatable bonds is 14. The van der Waals surface area contributed by atoms with E-state index in [4.69, 9.17) is 18.9 Å². The minimum Gasteiger partial charge on any atom is -0.353 e. The van der Waals surface area contributed by atoms with Crippen molar-refractivity contribution in [2.24, 2.45) is 0 Å². The Bertz CT molecular complexity index is 193. The highest BCUT2D eigenvalue weighted by Gasteiger charge is 2.07. The van der Waals surface area contributed by atoms with Crippen LogP contribution in [-0.4, -0.2) is 58.0 Å². The fraction of sp³-hybridized carbons (Fsp3) is 0.857. The predicted molar refractivity (Wildman–Crippen MR) is 89.9 cm³/mol. The normalized spacial score (nSPS) is 13.3. The van der Waals surface area contributed by atoms with Gasteiger partial charge in [-0.3, -0.25) is 0 Å². The van der Waals surface area contributed by atoms with E-state index in [9.17, 15) is 0 Å². The molecule has 0 aliphatic carbocycles. The third kappa shape index (κ3) is 11.8. The number of hydrogen-bond acceptors (Lipinski definition) is 4. The van der Waals surface area contributed by atoms with Crippen LogP contribution in [0.15, 0.2) is 11.4 Å². The highest BCUT2D eigenvalue weighted by atomic mass is 28.2. The minimum absolute atomic E-state index is 0.00239. The van der Waals surface area contributed by atoms with Gasteiger partial charge in [0.1, 0.15) is 0 Å². The molecule has 0 saturated carbocycles. The topological polar surface area (TPSA) is 36.9 Å². The van der Waals surface area contributed by atoms with Crippen molar-refractivity contribution in [1.29, 1.82) is 0 Å². The number of ether oxygens (including phenoxy) is 4. The van der Waals surface area contributed by atoms with Gasteiger partial charge < -0.3 is 18.9 Å². The molecule has 0 aromatic rings. The molecule has 0 N–H and O–H groups in total. The van der Waals surface area contributed by atoms with E-state index in [0.29, 0.717) is 0 Å². The molecule has 0 aromatic heterocycles. The first-order valence-corrected chi connectivity index (χ1v) is 11.5. The summed E-state index contributed by atoms with van der Waals surface area (Å²) in [4.78, 5) is 0. The zero-order valence-electron chi connectivity index (χ0n) is 13.6. The zero-order chi connectivity index (χ0) is 15.1. The molecule has 0 amide bonds. The van der Waals surface area contributed by atoms with Crippen LogP contribution in [0.3, 0.4) is 0 Å². The molecule has 0 heterocycles. The average molecular weight is 321 g/mol. The molecule has 0 aliphatic rings. The summed E-state index contributed by atoms with van der Waals surface area (Å²) in [6.45, 7) is 10.9. The van der Waals surface area contributed by atoms with E-state index in [1.807, 2.05) is 27.7 Å². The quantitative estimate of drug-likeness (QED) is 0.358. The van der Waals surface area contributed by atoms with Gasteiger partial charge in [-0.15, -0.1) is 11.4 Å². The van der Waals surface area contributed by atoms with E-state index in [1.54, 1.807) is 0 Å². The van der Waals surface area contributed by atoms with Crippen LogP contribution in [0, 0.1) is 0 Å². The van der Waals surface area contributed by atoms with E-state index in [-0.39, 0.29) is 31.6 Å².